The van der Waals surface area contributed by atoms with Gasteiger partial charge in [-0.25, -0.2) is 0 Å². The number of hydrogen-bond acceptors (Lipinski definition) is 3. The first-order chi connectivity index (χ1) is 13.7. The van der Waals surface area contributed by atoms with Gasteiger partial charge in [-0.2, -0.15) is 0 Å². The molecule has 0 amide bonds. The summed E-state index contributed by atoms with van der Waals surface area (Å²) in [5.41, 5.74) is 3.20. The topological polar surface area (TPSA) is 21.7 Å². The van der Waals surface area contributed by atoms with Crippen molar-refractivity contribution in [2.75, 3.05) is 26.2 Å². The summed E-state index contributed by atoms with van der Waals surface area (Å²) >= 11 is 0. The Morgan fingerprint density at radius 3 is 2.89 bits per heavy atom. The lowest BCUT2D eigenvalue weighted by Gasteiger charge is -2.39. The molecule has 0 aromatic heterocycles. The minimum Gasteiger partial charge on any atom is -0.488 e. The van der Waals surface area contributed by atoms with Crippen LogP contribution < -0.4 is 0 Å². The molecule has 3 nitrogen and oxygen atoms in total. The van der Waals surface area contributed by atoms with Gasteiger partial charge in [-0.05, 0) is 68.2 Å². The second-order valence-corrected chi connectivity index (χ2v) is 8.69. The second-order valence-electron chi connectivity index (χ2n) is 8.69. The van der Waals surface area contributed by atoms with Crippen LogP contribution in [-0.4, -0.2) is 42.8 Å². The molecule has 4 rings (SSSR count). The Labute approximate surface area is 170 Å². The zero-order valence-corrected chi connectivity index (χ0v) is 17.5. The molecule has 2 saturated heterocycles. The summed E-state index contributed by atoms with van der Waals surface area (Å²) in [5.74, 6) is 1.71. The van der Waals surface area contributed by atoms with Crippen molar-refractivity contribution >= 4 is 0 Å². The van der Waals surface area contributed by atoms with Gasteiger partial charge in [0.05, 0.1) is 12.2 Å². The molecule has 2 fully saturated rings. The van der Waals surface area contributed by atoms with Crippen LogP contribution in [0.15, 0.2) is 48.3 Å². The van der Waals surface area contributed by atoms with Crippen LogP contribution in [-0.2, 0) is 15.9 Å². The molecule has 0 bridgehead atoms. The molecule has 1 spiro atoms. The zero-order chi connectivity index (χ0) is 19.4. The lowest BCUT2D eigenvalue weighted by atomic mass is 9.87. The van der Waals surface area contributed by atoms with Crippen LogP contribution in [0.25, 0.3) is 0 Å². The number of likely N-dealkylation sites (tertiary alicyclic amines) is 1. The van der Waals surface area contributed by atoms with E-state index in [1.165, 1.54) is 19.4 Å². The highest BCUT2D eigenvalue weighted by Crippen LogP contribution is 2.39. The van der Waals surface area contributed by atoms with Gasteiger partial charge in [-0.1, -0.05) is 37.3 Å². The molecule has 2 aliphatic heterocycles. The summed E-state index contributed by atoms with van der Waals surface area (Å²) in [6, 6.07) is 9.03. The van der Waals surface area contributed by atoms with Crippen molar-refractivity contribution < 1.29 is 9.47 Å². The van der Waals surface area contributed by atoms with Gasteiger partial charge in [-0.15, -0.1) is 0 Å². The van der Waals surface area contributed by atoms with E-state index in [1.807, 2.05) is 13.0 Å². The van der Waals surface area contributed by atoms with E-state index in [-0.39, 0.29) is 11.7 Å². The third-order valence-electron chi connectivity index (χ3n) is 6.72. The van der Waals surface area contributed by atoms with Crippen molar-refractivity contribution in [1.29, 1.82) is 0 Å². The maximum Gasteiger partial charge on any atom is 0.125 e. The maximum atomic E-state index is 6.32. The molecule has 3 aliphatic rings. The summed E-state index contributed by atoms with van der Waals surface area (Å²) < 4.78 is 12.6. The first-order valence-electron chi connectivity index (χ1n) is 11.1. The molecular weight excluding hydrogens is 346 g/mol. The Hall–Kier alpha value is -1.58. The fourth-order valence-corrected chi connectivity index (χ4v) is 5.23. The van der Waals surface area contributed by atoms with Crippen molar-refractivity contribution in [2.24, 2.45) is 0 Å². The SMILES string of the molecule is C/C=C\C(=C/CC)OC1COC2(CCN(CC3CCc4ccccc43)CC2)C1. The fraction of sp³-hybridized carbons (Fsp3) is 0.600. The Morgan fingerprint density at radius 2 is 2.11 bits per heavy atom. The molecule has 1 aliphatic carbocycles. The summed E-state index contributed by atoms with van der Waals surface area (Å²) in [7, 11) is 0. The number of piperidine rings is 1. The molecular formula is C25H35NO2. The number of benzene rings is 1. The fourth-order valence-electron chi connectivity index (χ4n) is 5.23. The number of nitrogens with zero attached hydrogens (tertiary/aromatic N) is 1. The molecule has 3 heteroatoms. The molecule has 0 N–H and O–H groups in total. The van der Waals surface area contributed by atoms with Crippen LogP contribution in [0.4, 0.5) is 0 Å². The highest BCUT2D eigenvalue weighted by molar-refractivity contribution is 5.35. The summed E-state index contributed by atoms with van der Waals surface area (Å²) in [4.78, 5) is 2.66. The number of rotatable bonds is 6. The van der Waals surface area contributed by atoms with E-state index in [4.69, 9.17) is 9.47 Å². The second kappa shape index (κ2) is 8.84. The predicted octanol–water partition coefficient (Wildman–Crippen LogP) is 5.23. The van der Waals surface area contributed by atoms with Crippen molar-refractivity contribution in [1.82, 2.24) is 4.90 Å². The minimum atomic E-state index is 0.0437. The van der Waals surface area contributed by atoms with Crippen molar-refractivity contribution in [3.63, 3.8) is 0 Å². The average Bonchev–Trinajstić information content (AvgIpc) is 3.29. The molecule has 152 valence electrons. The van der Waals surface area contributed by atoms with Crippen LogP contribution >= 0.6 is 0 Å². The van der Waals surface area contributed by atoms with E-state index in [2.05, 4.69) is 48.2 Å². The minimum absolute atomic E-state index is 0.0437. The highest BCUT2D eigenvalue weighted by Gasteiger charge is 2.44. The standard InChI is InChI=1S/C25H35NO2/c1-3-7-22(8-4-2)28-23-17-25(27-19-23)13-15-26(16-14-25)18-21-12-11-20-9-5-6-10-24(20)21/h3,5-10,21,23H,4,11-19H2,1-2H3/b7-3-,22-8+. The van der Waals surface area contributed by atoms with E-state index in [9.17, 15) is 0 Å². The molecule has 2 atom stereocenters. The van der Waals surface area contributed by atoms with Crippen LogP contribution in [0, 0.1) is 0 Å². The Balaban J connectivity index is 1.28. The number of ether oxygens (including phenoxy) is 2. The van der Waals surface area contributed by atoms with Gasteiger partial charge in [0.2, 0.25) is 0 Å². The van der Waals surface area contributed by atoms with Gasteiger partial charge >= 0.3 is 0 Å². The normalized spacial score (nSPS) is 27.6. The monoisotopic (exact) mass is 381 g/mol. The smallest absolute Gasteiger partial charge is 0.125 e. The summed E-state index contributed by atoms with van der Waals surface area (Å²) in [6.45, 7) is 8.43. The lowest BCUT2D eigenvalue weighted by molar-refractivity contribution is -0.0452. The predicted molar refractivity (Wildman–Crippen MR) is 115 cm³/mol. The molecule has 2 unspecified atom stereocenters. The number of hydrogen-bond donors (Lipinski definition) is 0. The summed E-state index contributed by atoms with van der Waals surface area (Å²) in [6.07, 6.45) is 13.3. The van der Waals surface area contributed by atoms with Gasteiger partial charge in [0.25, 0.3) is 0 Å². The molecule has 0 saturated carbocycles. The largest absolute Gasteiger partial charge is 0.488 e. The van der Waals surface area contributed by atoms with Crippen molar-refractivity contribution in [3.05, 3.63) is 59.4 Å². The number of fused-ring (bicyclic) bond motifs is 1. The molecule has 1 aromatic rings. The zero-order valence-electron chi connectivity index (χ0n) is 17.5. The third kappa shape index (κ3) is 4.36. The molecule has 28 heavy (non-hydrogen) atoms. The molecule has 0 radical (unpaired) electrons. The van der Waals surface area contributed by atoms with Gasteiger partial charge in [0.1, 0.15) is 11.9 Å². The van der Waals surface area contributed by atoms with Crippen molar-refractivity contribution in [2.45, 2.75) is 70.0 Å². The Bertz CT molecular complexity index is 715. The van der Waals surface area contributed by atoms with Gasteiger partial charge in [-0.3, -0.25) is 0 Å². The van der Waals surface area contributed by atoms with Crippen LogP contribution in [0.3, 0.4) is 0 Å². The highest BCUT2D eigenvalue weighted by atomic mass is 16.6. The third-order valence-corrected chi connectivity index (χ3v) is 6.72. The first kappa shape index (κ1) is 19.7. The quantitative estimate of drug-likeness (QED) is 0.498. The lowest BCUT2D eigenvalue weighted by Crippen LogP contribution is -2.45. The van der Waals surface area contributed by atoms with Crippen LogP contribution in [0.2, 0.25) is 0 Å². The van der Waals surface area contributed by atoms with Crippen LogP contribution in [0.1, 0.15) is 63.0 Å². The molecule has 2 heterocycles. The maximum absolute atomic E-state index is 6.32. The average molecular weight is 382 g/mol. The first-order valence-corrected chi connectivity index (χ1v) is 11.1. The molecule has 1 aromatic carbocycles. The Morgan fingerprint density at radius 1 is 1.29 bits per heavy atom. The van der Waals surface area contributed by atoms with E-state index >= 15 is 0 Å². The Kier molecular flexibility index (Phi) is 6.22. The van der Waals surface area contributed by atoms with Gasteiger partial charge in [0.15, 0.2) is 0 Å². The van der Waals surface area contributed by atoms with E-state index in [0.29, 0.717) is 5.92 Å². The van der Waals surface area contributed by atoms with E-state index in [0.717, 1.165) is 51.1 Å². The number of aryl methyl sites for hydroxylation is 1. The van der Waals surface area contributed by atoms with Crippen LogP contribution in [0.5, 0.6) is 0 Å². The van der Waals surface area contributed by atoms with E-state index < -0.39 is 0 Å². The summed E-state index contributed by atoms with van der Waals surface area (Å²) in [5, 5.41) is 0. The van der Waals surface area contributed by atoms with E-state index in [1.54, 1.807) is 11.1 Å². The van der Waals surface area contributed by atoms with Crippen molar-refractivity contribution in [3.8, 4) is 0 Å². The van der Waals surface area contributed by atoms with Gasteiger partial charge < -0.3 is 14.4 Å². The van der Waals surface area contributed by atoms with Gasteiger partial charge in [0, 0.05) is 26.1 Å². The number of allylic oxidation sites excluding steroid dienone is 3.